The van der Waals surface area contributed by atoms with Gasteiger partial charge in [0.05, 0.1) is 18.8 Å². The van der Waals surface area contributed by atoms with Crippen molar-refractivity contribution in [3.8, 4) is 22.4 Å². The summed E-state index contributed by atoms with van der Waals surface area (Å²) in [4.78, 5) is 22.1. The fourth-order valence-corrected chi connectivity index (χ4v) is 3.53. The molecule has 8 nitrogen and oxygen atoms in total. The molecular formula is C22H27N2O6P. The fraction of sp³-hybridized carbons (Fsp3) is 0.318. The zero-order valence-electron chi connectivity index (χ0n) is 17.3. The number of hydrogen-bond acceptors (Lipinski definition) is 6. The third-order valence-corrected chi connectivity index (χ3v) is 5.53. The lowest BCUT2D eigenvalue weighted by Gasteiger charge is -2.27. The highest BCUT2D eigenvalue weighted by atomic mass is 31.2. The number of rotatable bonds is 10. The van der Waals surface area contributed by atoms with Gasteiger partial charge in [0.25, 0.3) is 0 Å². The van der Waals surface area contributed by atoms with Gasteiger partial charge in [0.15, 0.2) is 5.89 Å². The van der Waals surface area contributed by atoms with Gasteiger partial charge in [-0.3, -0.25) is 4.52 Å². The second-order valence-corrected chi connectivity index (χ2v) is 8.78. The maximum Gasteiger partial charge on any atom is 0.469 e. The lowest BCUT2D eigenvalue weighted by molar-refractivity contribution is 0.102. The van der Waals surface area contributed by atoms with Gasteiger partial charge in [-0.05, 0) is 29.5 Å². The van der Waals surface area contributed by atoms with Crippen LogP contribution >= 0.6 is 7.82 Å². The Morgan fingerprint density at radius 1 is 1.06 bits per heavy atom. The number of nitrogens with two attached hydrogens (primary N) is 1. The summed E-state index contributed by atoms with van der Waals surface area (Å²) >= 11 is 0. The molecule has 166 valence electrons. The molecule has 5 N–H and O–H groups in total. The topological polar surface area (TPSA) is 139 Å². The van der Waals surface area contributed by atoms with E-state index in [1.807, 2.05) is 55.5 Å². The van der Waals surface area contributed by atoms with Crippen molar-refractivity contribution in [3.63, 3.8) is 0 Å². The highest BCUT2D eigenvalue weighted by molar-refractivity contribution is 7.46. The third kappa shape index (κ3) is 6.58. The number of aliphatic hydroxyl groups is 1. The van der Waals surface area contributed by atoms with E-state index in [4.69, 9.17) is 19.9 Å². The smallest absolute Gasteiger partial charge is 0.448 e. The number of hydrogen-bond donors (Lipinski definition) is 4. The standard InChI is InChI=1S/C22H27N2O6P/c1-2-21-24-20(13-29-21)19-9-7-18(8-10-19)17-5-3-16(4-6-17)11-12-22(23,14-25)15-30-31(26,27)28/h3-10,13,25H,2,11-12,14-15,23H2,1H3,(H2,26,27,28)/t22-/m1/s1. The van der Waals surface area contributed by atoms with Crippen LogP contribution in [0.3, 0.4) is 0 Å². The summed E-state index contributed by atoms with van der Waals surface area (Å²) in [5.41, 5.74) is 9.70. The quantitative estimate of drug-likeness (QED) is 0.348. The van der Waals surface area contributed by atoms with Gasteiger partial charge in [-0.2, -0.15) is 0 Å². The Kier molecular flexibility index (Phi) is 7.43. The SMILES string of the molecule is CCc1nc(-c2ccc(-c3ccc(CC[C@@](N)(CO)COP(=O)(O)O)cc3)cc2)co1. The molecule has 0 radical (unpaired) electrons. The molecule has 0 aliphatic rings. The molecule has 1 atom stereocenters. The van der Waals surface area contributed by atoms with E-state index in [0.29, 0.717) is 18.7 Å². The molecule has 2 aromatic carbocycles. The molecule has 31 heavy (non-hydrogen) atoms. The summed E-state index contributed by atoms with van der Waals surface area (Å²) < 4.78 is 20.8. The number of aryl methyl sites for hydroxylation is 2. The van der Waals surface area contributed by atoms with Gasteiger partial charge in [-0.25, -0.2) is 9.55 Å². The summed E-state index contributed by atoms with van der Waals surface area (Å²) in [5, 5.41) is 9.50. The Hall–Kier alpha value is -2.32. The van der Waals surface area contributed by atoms with Crippen molar-refractivity contribution in [1.82, 2.24) is 4.98 Å². The van der Waals surface area contributed by atoms with Crippen LogP contribution in [0, 0.1) is 0 Å². The van der Waals surface area contributed by atoms with E-state index in [0.717, 1.165) is 34.4 Å². The summed E-state index contributed by atoms with van der Waals surface area (Å²) in [6.07, 6.45) is 3.27. The van der Waals surface area contributed by atoms with E-state index >= 15 is 0 Å². The monoisotopic (exact) mass is 446 g/mol. The van der Waals surface area contributed by atoms with Gasteiger partial charge >= 0.3 is 7.82 Å². The van der Waals surface area contributed by atoms with Crippen LogP contribution < -0.4 is 5.73 Å². The minimum Gasteiger partial charge on any atom is -0.448 e. The largest absolute Gasteiger partial charge is 0.469 e. The Balaban J connectivity index is 1.62. The lowest BCUT2D eigenvalue weighted by atomic mass is 9.93. The average molecular weight is 446 g/mol. The molecule has 0 saturated heterocycles. The van der Waals surface area contributed by atoms with Crippen molar-refractivity contribution in [3.05, 3.63) is 66.2 Å². The first kappa shape index (κ1) is 23.3. The van der Waals surface area contributed by atoms with Gasteiger partial charge < -0.3 is 25.0 Å². The molecule has 0 bridgehead atoms. The minimum absolute atomic E-state index is 0.314. The number of benzene rings is 2. The predicted octanol–water partition coefficient (Wildman–Crippen LogP) is 3.30. The number of phosphoric ester groups is 1. The number of oxazole rings is 1. The fourth-order valence-electron chi connectivity index (χ4n) is 3.11. The number of aliphatic hydroxyl groups excluding tert-OH is 1. The Morgan fingerprint density at radius 3 is 2.16 bits per heavy atom. The first-order valence-electron chi connectivity index (χ1n) is 9.95. The number of aromatic nitrogens is 1. The second kappa shape index (κ2) is 9.87. The van der Waals surface area contributed by atoms with E-state index in [9.17, 15) is 9.67 Å². The van der Waals surface area contributed by atoms with Crippen LogP contribution in [0.1, 0.15) is 24.8 Å². The van der Waals surface area contributed by atoms with Gasteiger partial charge in [0.2, 0.25) is 0 Å². The molecule has 0 fully saturated rings. The maximum absolute atomic E-state index is 10.9. The molecule has 0 unspecified atom stereocenters. The second-order valence-electron chi connectivity index (χ2n) is 7.54. The summed E-state index contributed by atoms with van der Waals surface area (Å²) in [5.74, 6) is 0.714. The van der Waals surface area contributed by atoms with Crippen molar-refractivity contribution < 1.29 is 28.4 Å². The zero-order valence-corrected chi connectivity index (χ0v) is 18.2. The van der Waals surface area contributed by atoms with Gasteiger partial charge in [0.1, 0.15) is 12.0 Å². The molecule has 1 aromatic heterocycles. The normalized spacial score (nSPS) is 13.8. The Morgan fingerprint density at radius 2 is 1.65 bits per heavy atom. The van der Waals surface area contributed by atoms with Crippen LogP contribution in [0.5, 0.6) is 0 Å². The molecule has 1 heterocycles. The molecule has 9 heteroatoms. The van der Waals surface area contributed by atoms with Gasteiger partial charge in [-0.15, -0.1) is 0 Å². The van der Waals surface area contributed by atoms with Crippen molar-refractivity contribution in [2.24, 2.45) is 5.73 Å². The number of nitrogens with zero attached hydrogens (tertiary/aromatic N) is 1. The van der Waals surface area contributed by atoms with Crippen LogP contribution in [0.2, 0.25) is 0 Å². The van der Waals surface area contributed by atoms with Crippen molar-refractivity contribution >= 4 is 7.82 Å². The van der Waals surface area contributed by atoms with Crippen LogP contribution in [0.25, 0.3) is 22.4 Å². The van der Waals surface area contributed by atoms with E-state index in [1.165, 1.54) is 0 Å². The first-order chi connectivity index (χ1) is 14.7. The lowest BCUT2D eigenvalue weighted by Crippen LogP contribution is -2.48. The third-order valence-electron chi connectivity index (χ3n) is 5.07. The van der Waals surface area contributed by atoms with E-state index in [1.54, 1.807) is 6.26 Å². The zero-order chi connectivity index (χ0) is 22.5. The maximum atomic E-state index is 10.9. The molecule has 0 amide bonds. The summed E-state index contributed by atoms with van der Waals surface area (Å²) in [6, 6.07) is 16.0. The van der Waals surface area contributed by atoms with E-state index in [-0.39, 0.29) is 0 Å². The van der Waals surface area contributed by atoms with Crippen LogP contribution in [0.4, 0.5) is 0 Å². The van der Waals surface area contributed by atoms with Gasteiger partial charge in [0, 0.05) is 12.0 Å². The summed E-state index contributed by atoms with van der Waals surface area (Å²) in [7, 11) is -4.64. The molecule has 3 rings (SSSR count). The molecule has 0 aliphatic heterocycles. The van der Waals surface area contributed by atoms with Crippen LogP contribution in [-0.4, -0.2) is 38.6 Å². The van der Waals surface area contributed by atoms with Crippen molar-refractivity contribution in [2.75, 3.05) is 13.2 Å². The first-order valence-corrected chi connectivity index (χ1v) is 11.5. The Bertz CT molecular complexity index is 1030. The van der Waals surface area contributed by atoms with Crippen molar-refractivity contribution in [1.29, 1.82) is 0 Å². The Labute approximate surface area is 180 Å². The summed E-state index contributed by atoms with van der Waals surface area (Å²) in [6.45, 7) is 1.13. The average Bonchev–Trinajstić information content (AvgIpc) is 3.26. The predicted molar refractivity (Wildman–Crippen MR) is 117 cm³/mol. The molecule has 0 spiro atoms. The van der Waals surface area contributed by atoms with Crippen LogP contribution in [0.15, 0.2) is 59.2 Å². The minimum atomic E-state index is -4.64. The van der Waals surface area contributed by atoms with E-state index in [2.05, 4.69) is 9.51 Å². The number of phosphoric acid groups is 1. The highest BCUT2D eigenvalue weighted by Gasteiger charge is 2.28. The van der Waals surface area contributed by atoms with Crippen molar-refractivity contribution in [2.45, 2.75) is 31.7 Å². The molecule has 0 aliphatic carbocycles. The highest BCUT2D eigenvalue weighted by Crippen LogP contribution is 2.37. The van der Waals surface area contributed by atoms with Gasteiger partial charge in [-0.1, -0.05) is 55.5 Å². The molecule has 0 saturated carbocycles. The molecule has 3 aromatic rings. The van der Waals surface area contributed by atoms with Crippen LogP contribution in [-0.2, 0) is 21.9 Å². The molecular weight excluding hydrogens is 419 g/mol. The van der Waals surface area contributed by atoms with E-state index < -0.39 is 26.6 Å².